The molecule has 0 aliphatic heterocycles. The summed E-state index contributed by atoms with van der Waals surface area (Å²) in [5, 5.41) is 6.36. The van der Waals surface area contributed by atoms with Crippen LogP contribution in [0.4, 0.5) is 0 Å². The van der Waals surface area contributed by atoms with Gasteiger partial charge in [0, 0.05) is 11.6 Å². The summed E-state index contributed by atoms with van der Waals surface area (Å²) in [6.07, 6.45) is 4.72. The topological polar surface area (TPSA) is 48.2 Å². The maximum atomic E-state index is 5.28. The predicted octanol–water partition coefficient (Wildman–Crippen LogP) is 1.71. The molecule has 4 nitrogen and oxygen atoms in total. The van der Waals surface area contributed by atoms with Crippen molar-refractivity contribution in [3.8, 4) is 5.75 Å². The first-order chi connectivity index (χ1) is 5.95. The van der Waals surface area contributed by atoms with Crippen LogP contribution in [0.3, 0.4) is 0 Å². The van der Waals surface area contributed by atoms with Crippen LogP contribution < -0.4 is 4.74 Å². The highest BCUT2D eigenvalue weighted by Gasteiger charge is 1.98. The molecule has 0 fully saturated rings. The smallest absolute Gasteiger partial charge is 0.179 e. The highest BCUT2D eigenvalue weighted by molar-refractivity contribution is 7.09. The summed E-state index contributed by atoms with van der Waals surface area (Å²) in [6.45, 7) is 0.471. The van der Waals surface area contributed by atoms with Gasteiger partial charge in [-0.2, -0.15) is 0 Å². The van der Waals surface area contributed by atoms with E-state index in [1.165, 1.54) is 12.5 Å². The molecular weight excluding hydrogens is 176 g/mol. The summed E-state index contributed by atoms with van der Waals surface area (Å²) < 4.78 is 9.87. The Morgan fingerprint density at radius 1 is 1.58 bits per heavy atom. The van der Waals surface area contributed by atoms with Crippen molar-refractivity contribution in [2.75, 3.05) is 0 Å². The number of thiazole rings is 1. The third kappa shape index (κ3) is 1.62. The Hall–Kier alpha value is -1.36. The number of hydrogen-bond donors (Lipinski definition) is 0. The van der Waals surface area contributed by atoms with E-state index in [0.717, 1.165) is 5.01 Å². The minimum absolute atomic E-state index is 0.471. The van der Waals surface area contributed by atoms with Gasteiger partial charge in [0.1, 0.15) is 17.8 Å². The molecular formula is C7H6N2O2S. The summed E-state index contributed by atoms with van der Waals surface area (Å²) in [4.78, 5) is 4.06. The minimum atomic E-state index is 0.471. The molecule has 0 unspecified atom stereocenters. The maximum absolute atomic E-state index is 5.28. The van der Waals surface area contributed by atoms with Crippen LogP contribution in [0.2, 0.25) is 0 Å². The largest absolute Gasteiger partial charge is 0.481 e. The van der Waals surface area contributed by atoms with Gasteiger partial charge in [0.05, 0.1) is 0 Å². The molecule has 0 aromatic carbocycles. The van der Waals surface area contributed by atoms with E-state index in [-0.39, 0.29) is 0 Å². The Bertz CT molecular complexity index is 283. The molecule has 2 heterocycles. The second kappa shape index (κ2) is 3.36. The fraction of sp³-hybridized carbons (Fsp3) is 0.143. The van der Waals surface area contributed by atoms with Gasteiger partial charge >= 0.3 is 0 Å². The quantitative estimate of drug-likeness (QED) is 0.725. The highest BCUT2D eigenvalue weighted by Crippen LogP contribution is 2.11. The van der Waals surface area contributed by atoms with Crippen molar-refractivity contribution in [3.05, 3.63) is 29.0 Å². The van der Waals surface area contributed by atoms with Gasteiger partial charge in [-0.15, -0.1) is 11.3 Å². The fourth-order valence-corrected chi connectivity index (χ4v) is 1.26. The van der Waals surface area contributed by atoms with Crippen molar-refractivity contribution >= 4 is 11.3 Å². The highest BCUT2D eigenvalue weighted by atomic mass is 32.1. The van der Waals surface area contributed by atoms with Crippen molar-refractivity contribution in [2.45, 2.75) is 6.61 Å². The molecule has 0 radical (unpaired) electrons. The Labute approximate surface area is 72.8 Å². The zero-order chi connectivity index (χ0) is 8.23. The molecule has 0 N–H and O–H groups in total. The SMILES string of the molecule is c1csc(COc2cnoc2)n1. The molecule has 2 rings (SSSR count). The lowest BCUT2D eigenvalue weighted by Crippen LogP contribution is -1.92. The Morgan fingerprint density at radius 3 is 3.25 bits per heavy atom. The van der Waals surface area contributed by atoms with Crippen LogP contribution in [0.15, 0.2) is 28.6 Å². The second-order valence-corrected chi connectivity index (χ2v) is 3.05. The van der Waals surface area contributed by atoms with Crippen LogP contribution in [0, 0.1) is 0 Å². The van der Waals surface area contributed by atoms with E-state index in [0.29, 0.717) is 12.4 Å². The summed E-state index contributed by atoms with van der Waals surface area (Å²) >= 11 is 1.56. The Kier molecular flexibility index (Phi) is 2.04. The van der Waals surface area contributed by atoms with Crippen LogP contribution in [0.1, 0.15) is 5.01 Å². The first kappa shape index (κ1) is 7.30. The molecule has 5 heteroatoms. The molecule has 0 saturated carbocycles. The van der Waals surface area contributed by atoms with Crippen LogP contribution >= 0.6 is 11.3 Å². The number of aromatic nitrogens is 2. The molecule has 0 aliphatic carbocycles. The number of nitrogens with zero attached hydrogens (tertiary/aromatic N) is 2. The summed E-state index contributed by atoms with van der Waals surface area (Å²) in [6, 6.07) is 0. The van der Waals surface area contributed by atoms with Gasteiger partial charge < -0.3 is 9.26 Å². The zero-order valence-corrected chi connectivity index (χ0v) is 6.95. The second-order valence-electron chi connectivity index (χ2n) is 2.07. The average Bonchev–Trinajstić information content (AvgIpc) is 2.74. The first-order valence-electron chi connectivity index (χ1n) is 3.36. The summed E-state index contributed by atoms with van der Waals surface area (Å²) in [7, 11) is 0. The van der Waals surface area contributed by atoms with E-state index in [9.17, 15) is 0 Å². The van der Waals surface area contributed by atoms with Crippen LogP contribution in [-0.4, -0.2) is 10.1 Å². The molecule has 0 saturated heterocycles. The first-order valence-corrected chi connectivity index (χ1v) is 4.23. The van der Waals surface area contributed by atoms with E-state index < -0.39 is 0 Å². The van der Waals surface area contributed by atoms with E-state index in [4.69, 9.17) is 4.74 Å². The van der Waals surface area contributed by atoms with Crippen molar-refractivity contribution < 1.29 is 9.26 Å². The maximum Gasteiger partial charge on any atom is 0.179 e. The lowest BCUT2D eigenvalue weighted by Gasteiger charge is -1.96. The molecule has 2 aromatic heterocycles. The van der Waals surface area contributed by atoms with Crippen molar-refractivity contribution in [1.29, 1.82) is 0 Å². The zero-order valence-electron chi connectivity index (χ0n) is 6.14. The average molecular weight is 182 g/mol. The van der Waals surface area contributed by atoms with Gasteiger partial charge in [0.2, 0.25) is 0 Å². The van der Waals surface area contributed by atoms with Crippen molar-refractivity contribution in [3.63, 3.8) is 0 Å². The summed E-state index contributed by atoms with van der Waals surface area (Å²) in [5.41, 5.74) is 0. The Morgan fingerprint density at radius 2 is 2.58 bits per heavy atom. The third-order valence-electron chi connectivity index (χ3n) is 1.26. The van der Waals surface area contributed by atoms with E-state index in [2.05, 4.69) is 14.7 Å². The van der Waals surface area contributed by atoms with E-state index in [1.54, 1.807) is 17.5 Å². The third-order valence-corrected chi connectivity index (χ3v) is 2.01. The molecule has 12 heavy (non-hydrogen) atoms. The van der Waals surface area contributed by atoms with Gasteiger partial charge in [0.15, 0.2) is 12.0 Å². The van der Waals surface area contributed by atoms with Gasteiger partial charge in [-0.1, -0.05) is 5.16 Å². The van der Waals surface area contributed by atoms with Crippen molar-refractivity contribution in [1.82, 2.24) is 10.1 Å². The minimum Gasteiger partial charge on any atom is -0.481 e. The van der Waals surface area contributed by atoms with Gasteiger partial charge in [-0.25, -0.2) is 4.98 Å². The molecule has 0 aliphatic rings. The van der Waals surface area contributed by atoms with Gasteiger partial charge in [-0.05, 0) is 0 Å². The van der Waals surface area contributed by atoms with E-state index >= 15 is 0 Å². The predicted molar refractivity (Wildman–Crippen MR) is 42.9 cm³/mol. The Balaban J connectivity index is 1.91. The monoisotopic (exact) mass is 182 g/mol. The number of hydrogen-bond acceptors (Lipinski definition) is 5. The lowest BCUT2D eigenvalue weighted by atomic mass is 10.6. The molecule has 0 atom stereocenters. The molecule has 62 valence electrons. The standard InChI is InChI=1S/C7H6N2O2S/c1-2-12-7(8-1)5-10-6-3-9-11-4-6/h1-4H,5H2. The lowest BCUT2D eigenvalue weighted by molar-refractivity contribution is 0.301. The molecule has 2 aromatic rings. The van der Waals surface area contributed by atoms with Gasteiger partial charge in [0.25, 0.3) is 0 Å². The fourth-order valence-electron chi connectivity index (χ4n) is 0.736. The van der Waals surface area contributed by atoms with Crippen LogP contribution in [-0.2, 0) is 6.61 Å². The molecule has 0 spiro atoms. The number of rotatable bonds is 3. The summed E-state index contributed by atoms with van der Waals surface area (Å²) in [5.74, 6) is 0.630. The molecule has 0 bridgehead atoms. The van der Waals surface area contributed by atoms with Crippen molar-refractivity contribution in [2.24, 2.45) is 0 Å². The van der Waals surface area contributed by atoms with E-state index in [1.807, 2.05) is 5.38 Å². The van der Waals surface area contributed by atoms with Gasteiger partial charge in [-0.3, -0.25) is 0 Å². The van der Waals surface area contributed by atoms with Crippen LogP contribution in [0.5, 0.6) is 5.75 Å². The van der Waals surface area contributed by atoms with Crippen LogP contribution in [0.25, 0.3) is 0 Å². The normalized spacial score (nSPS) is 10.0. The number of ether oxygens (including phenoxy) is 1. The molecule has 0 amide bonds.